The summed E-state index contributed by atoms with van der Waals surface area (Å²) in [7, 11) is 3.34. The van der Waals surface area contributed by atoms with Gasteiger partial charge in [-0.05, 0) is 18.2 Å². The molecular weight excluding hydrogens is 192 g/mol. The van der Waals surface area contributed by atoms with Crippen molar-refractivity contribution < 1.29 is 9.47 Å². The molecule has 0 radical (unpaired) electrons. The molecule has 0 fully saturated rings. The molecular formula is C11H18N2O2. The summed E-state index contributed by atoms with van der Waals surface area (Å²) in [5.74, 6) is 0.856. The molecule has 0 spiro atoms. The molecule has 1 aromatic carbocycles. The summed E-state index contributed by atoms with van der Waals surface area (Å²) in [6.07, 6.45) is 0. The standard InChI is InChI=1S/C11H18N2O2/c1-14-6-5-13-8-9-7-10(12)3-4-11(9)15-2/h3-4,7,13H,5-6,8,12H2,1-2H3. The molecule has 4 heteroatoms. The minimum Gasteiger partial charge on any atom is -0.496 e. The van der Waals surface area contributed by atoms with Crippen LogP contribution in [-0.2, 0) is 11.3 Å². The topological polar surface area (TPSA) is 56.5 Å². The highest BCUT2D eigenvalue weighted by atomic mass is 16.5. The van der Waals surface area contributed by atoms with Crippen LogP contribution in [0.1, 0.15) is 5.56 Å². The zero-order chi connectivity index (χ0) is 11.1. The molecule has 0 amide bonds. The summed E-state index contributed by atoms with van der Waals surface area (Å²) in [4.78, 5) is 0. The first kappa shape index (κ1) is 11.8. The van der Waals surface area contributed by atoms with E-state index in [1.807, 2.05) is 18.2 Å². The molecule has 0 unspecified atom stereocenters. The zero-order valence-electron chi connectivity index (χ0n) is 9.25. The summed E-state index contributed by atoms with van der Waals surface area (Å²) in [6, 6.07) is 5.62. The first-order valence-electron chi connectivity index (χ1n) is 4.90. The Morgan fingerprint density at radius 2 is 2.13 bits per heavy atom. The number of nitrogens with one attached hydrogen (secondary N) is 1. The van der Waals surface area contributed by atoms with Crippen LogP contribution < -0.4 is 15.8 Å². The van der Waals surface area contributed by atoms with Crippen LogP contribution in [0.3, 0.4) is 0 Å². The van der Waals surface area contributed by atoms with Gasteiger partial charge >= 0.3 is 0 Å². The number of hydrogen-bond acceptors (Lipinski definition) is 4. The Bertz CT molecular complexity index is 303. The molecule has 0 heterocycles. The van der Waals surface area contributed by atoms with E-state index in [1.165, 1.54) is 0 Å². The molecule has 0 aliphatic heterocycles. The molecule has 0 atom stereocenters. The highest BCUT2D eigenvalue weighted by molar-refractivity contribution is 5.47. The van der Waals surface area contributed by atoms with Crippen LogP contribution in [0.25, 0.3) is 0 Å². The van der Waals surface area contributed by atoms with Crippen LogP contribution >= 0.6 is 0 Å². The highest BCUT2D eigenvalue weighted by Gasteiger charge is 2.02. The van der Waals surface area contributed by atoms with Gasteiger partial charge in [-0.3, -0.25) is 0 Å². The summed E-state index contributed by atoms with van der Waals surface area (Å²) < 4.78 is 10.2. The van der Waals surface area contributed by atoms with Crippen molar-refractivity contribution in [3.8, 4) is 5.75 Å². The molecule has 1 aromatic rings. The Morgan fingerprint density at radius 1 is 1.33 bits per heavy atom. The maximum Gasteiger partial charge on any atom is 0.123 e. The van der Waals surface area contributed by atoms with Crippen LogP contribution in [0, 0.1) is 0 Å². The van der Waals surface area contributed by atoms with E-state index in [2.05, 4.69) is 5.32 Å². The van der Waals surface area contributed by atoms with E-state index in [0.717, 1.165) is 30.1 Å². The molecule has 1 rings (SSSR count). The Balaban J connectivity index is 2.54. The lowest BCUT2D eigenvalue weighted by atomic mass is 10.2. The van der Waals surface area contributed by atoms with E-state index >= 15 is 0 Å². The molecule has 0 aliphatic rings. The fraction of sp³-hybridized carbons (Fsp3) is 0.455. The van der Waals surface area contributed by atoms with Gasteiger partial charge in [-0.1, -0.05) is 0 Å². The average Bonchev–Trinajstić information content (AvgIpc) is 2.25. The van der Waals surface area contributed by atoms with Gasteiger partial charge in [0.15, 0.2) is 0 Å². The fourth-order valence-corrected chi connectivity index (χ4v) is 1.33. The van der Waals surface area contributed by atoms with Crippen molar-refractivity contribution in [1.82, 2.24) is 5.32 Å². The fourth-order valence-electron chi connectivity index (χ4n) is 1.33. The number of nitrogen functional groups attached to an aromatic ring is 1. The molecule has 0 aliphatic carbocycles. The van der Waals surface area contributed by atoms with Crippen molar-refractivity contribution in [2.45, 2.75) is 6.54 Å². The summed E-state index contributed by atoms with van der Waals surface area (Å²) in [6.45, 7) is 2.25. The second-order valence-electron chi connectivity index (χ2n) is 3.24. The molecule has 0 aromatic heterocycles. The lowest BCUT2D eigenvalue weighted by Crippen LogP contribution is -2.19. The number of hydrogen-bond donors (Lipinski definition) is 2. The van der Waals surface area contributed by atoms with Crippen LogP contribution in [0.15, 0.2) is 18.2 Å². The molecule has 3 N–H and O–H groups in total. The van der Waals surface area contributed by atoms with E-state index in [0.29, 0.717) is 6.61 Å². The van der Waals surface area contributed by atoms with Gasteiger partial charge in [0, 0.05) is 31.5 Å². The van der Waals surface area contributed by atoms with Crippen LogP contribution in [0.4, 0.5) is 5.69 Å². The largest absolute Gasteiger partial charge is 0.496 e. The number of anilines is 1. The van der Waals surface area contributed by atoms with E-state index in [1.54, 1.807) is 14.2 Å². The Hall–Kier alpha value is -1.26. The third kappa shape index (κ3) is 3.77. The summed E-state index contributed by atoms with van der Waals surface area (Å²) in [5.41, 5.74) is 7.52. The minimum atomic E-state index is 0.699. The van der Waals surface area contributed by atoms with Gasteiger partial charge in [0.1, 0.15) is 5.75 Å². The van der Waals surface area contributed by atoms with E-state index in [-0.39, 0.29) is 0 Å². The molecule has 4 nitrogen and oxygen atoms in total. The number of nitrogens with two attached hydrogens (primary N) is 1. The second-order valence-corrected chi connectivity index (χ2v) is 3.24. The Labute approximate surface area is 90.4 Å². The maximum atomic E-state index is 5.70. The predicted molar refractivity (Wildman–Crippen MR) is 61.0 cm³/mol. The van der Waals surface area contributed by atoms with E-state index in [9.17, 15) is 0 Å². The lowest BCUT2D eigenvalue weighted by molar-refractivity contribution is 0.199. The first-order valence-corrected chi connectivity index (χ1v) is 4.90. The monoisotopic (exact) mass is 210 g/mol. The quantitative estimate of drug-likeness (QED) is 0.543. The van der Waals surface area contributed by atoms with Gasteiger partial charge < -0.3 is 20.5 Å². The third-order valence-electron chi connectivity index (χ3n) is 2.10. The normalized spacial score (nSPS) is 10.3. The molecule has 0 saturated heterocycles. The zero-order valence-corrected chi connectivity index (χ0v) is 9.25. The van der Waals surface area contributed by atoms with Crippen LogP contribution in [-0.4, -0.2) is 27.4 Å². The summed E-state index contributed by atoms with van der Waals surface area (Å²) >= 11 is 0. The smallest absolute Gasteiger partial charge is 0.123 e. The van der Waals surface area contributed by atoms with Gasteiger partial charge in [-0.2, -0.15) is 0 Å². The van der Waals surface area contributed by atoms with Crippen molar-refractivity contribution >= 4 is 5.69 Å². The van der Waals surface area contributed by atoms with Gasteiger partial charge in [0.2, 0.25) is 0 Å². The molecule has 0 saturated carbocycles. The number of rotatable bonds is 6. The minimum absolute atomic E-state index is 0.699. The third-order valence-corrected chi connectivity index (χ3v) is 2.10. The number of methoxy groups -OCH3 is 2. The van der Waals surface area contributed by atoms with Crippen LogP contribution in [0.2, 0.25) is 0 Å². The van der Waals surface area contributed by atoms with Crippen LogP contribution in [0.5, 0.6) is 5.75 Å². The molecule has 15 heavy (non-hydrogen) atoms. The SMILES string of the molecule is COCCNCc1cc(N)ccc1OC. The predicted octanol–water partition coefficient (Wildman–Crippen LogP) is 1.01. The van der Waals surface area contributed by atoms with E-state index < -0.39 is 0 Å². The van der Waals surface area contributed by atoms with Gasteiger partial charge in [-0.15, -0.1) is 0 Å². The Morgan fingerprint density at radius 3 is 2.80 bits per heavy atom. The van der Waals surface area contributed by atoms with Crippen molar-refractivity contribution in [2.24, 2.45) is 0 Å². The maximum absolute atomic E-state index is 5.70. The number of benzene rings is 1. The molecule has 0 bridgehead atoms. The Kier molecular flexibility index (Phi) is 4.93. The van der Waals surface area contributed by atoms with Crippen molar-refractivity contribution in [2.75, 3.05) is 33.1 Å². The van der Waals surface area contributed by atoms with E-state index in [4.69, 9.17) is 15.2 Å². The summed E-state index contributed by atoms with van der Waals surface area (Å²) in [5, 5.41) is 3.24. The first-order chi connectivity index (χ1) is 7.27. The van der Waals surface area contributed by atoms with Gasteiger partial charge in [0.25, 0.3) is 0 Å². The van der Waals surface area contributed by atoms with Gasteiger partial charge in [-0.25, -0.2) is 0 Å². The average molecular weight is 210 g/mol. The molecule has 84 valence electrons. The number of ether oxygens (including phenoxy) is 2. The van der Waals surface area contributed by atoms with Crippen molar-refractivity contribution in [1.29, 1.82) is 0 Å². The van der Waals surface area contributed by atoms with Crippen molar-refractivity contribution in [3.63, 3.8) is 0 Å². The van der Waals surface area contributed by atoms with Gasteiger partial charge in [0.05, 0.1) is 13.7 Å². The highest BCUT2D eigenvalue weighted by Crippen LogP contribution is 2.20. The second kappa shape index (κ2) is 6.27. The van der Waals surface area contributed by atoms with Crippen molar-refractivity contribution in [3.05, 3.63) is 23.8 Å². The lowest BCUT2D eigenvalue weighted by Gasteiger charge is -2.10.